The molecule has 0 saturated carbocycles. The molecular formula is C22H25ClFN3O3S. The second kappa shape index (κ2) is 10.9. The lowest BCUT2D eigenvalue weighted by atomic mass is 10.0. The Hall–Kier alpha value is -2.13. The normalized spacial score (nSPS) is 17.8. The molecule has 0 aliphatic carbocycles. The second-order valence-corrected chi connectivity index (χ2v) is 8.71. The first-order valence-corrected chi connectivity index (χ1v) is 11.3. The highest BCUT2D eigenvalue weighted by Crippen LogP contribution is 2.31. The van der Waals surface area contributed by atoms with E-state index in [0.29, 0.717) is 40.7 Å². The Bertz CT molecular complexity index is 926. The molecule has 0 aromatic heterocycles. The highest BCUT2D eigenvalue weighted by Gasteiger charge is 2.29. The van der Waals surface area contributed by atoms with Crippen molar-refractivity contribution in [2.24, 2.45) is 5.73 Å². The van der Waals surface area contributed by atoms with Crippen molar-refractivity contribution in [3.05, 3.63) is 64.4 Å². The van der Waals surface area contributed by atoms with E-state index in [1.807, 2.05) is 6.92 Å². The van der Waals surface area contributed by atoms with Gasteiger partial charge in [-0.05, 0) is 31.2 Å². The number of ether oxygens (including phenoxy) is 1. The van der Waals surface area contributed by atoms with Crippen molar-refractivity contribution in [3.63, 3.8) is 0 Å². The standard InChI is InChI=1S/C22H25ClFN3O3S/c1-14-12-27(9-10-30-14)18(21-16(23)6-4-7-17(21)24)11-26-22(29)15-5-2-3-8-19(15)31-13-20(25)28/h2-8,14,18H,9-13H2,1H3,(H2,25,28)(H,26,29). The largest absolute Gasteiger partial charge is 0.376 e. The van der Waals surface area contributed by atoms with Crippen LogP contribution in [-0.4, -0.2) is 54.8 Å². The van der Waals surface area contributed by atoms with Crippen LogP contribution in [0.1, 0.15) is 28.9 Å². The molecule has 2 aromatic rings. The van der Waals surface area contributed by atoms with Crippen LogP contribution in [0.3, 0.4) is 0 Å². The zero-order chi connectivity index (χ0) is 22.4. The summed E-state index contributed by atoms with van der Waals surface area (Å²) in [6, 6.07) is 11.1. The van der Waals surface area contributed by atoms with Gasteiger partial charge in [-0.1, -0.05) is 29.8 Å². The maximum atomic E-state index is 14.7. The van der Waals surface area contributed by atoms with E-state index in [9.17, 15) is 14.0 Å². The fourth-order valence-electron chi connectivity index (χ4n) is 3.58. The van der Waals surface area contributed by atoms with Gasteiger partial charge in [0.25, 0.3) is 5.91 Å². The Kier molecular flexibility index (Phi) is 8.31. The summed E-state index contributed by atoms with van der Waals surface area (Å²) in [5.41, 5.74) is 6.02. The SMILES string of the molecule is CC1CN(C(CNC(=O)c2ccccc2SCC(N)=O)c2c(F)cccc2Cl)CCO1. The maximum absolute atomic E-state index is 14.7. The monoisotopic (exact) mass is 465 g/mol. The average Bonchev–Trinajstić information content (AvgIpc) is 2.74. The first-order valence-electron chi connectivity index (χ1n) is 9.94. The van der Waals surface area contributed by atoms with Crippen LogP contribution in [0.2, 0.25) is 5.02 Å². The number of morpholine rings is 1. The number of nitrogens with one attached hydrogen (secondary N) is 1. The van der Waals surface area contributed by atoms with Crippen LogP contribution < -0.4 is 11.1 Å². The van der Waals surface area contributed by atoms with Gasteiger partial charge in [0.15, 0.2) is 0 Å². The van der Waals surface area contributed by atoms with Gasteiger partial charge in [-0.15, -0.1) is 11.8 Å². The molecule has 3 N–H and O–H groups in total. The molecule has 2 amide bonds. The van der Waals surface area contributed by atoms with Crippen molar-refractivity contribution in [1.82, 2.24) is 10.2 Å². The van der Waals surface area contributed by atoms with E-state index < -0.39 is 17.8 Å². The number of hydrogen-bond donors (Lipinski definition) is 2. The summed E-state index contributed by atoms with van der Waals surface area (Å²) >= 11 is 7.55. The number of rotatable bonds is 8. The molecule has 31 heavy (non-hydrogen) atoms. The van der Waals surface area contributed by atoms with E-state index in [2.05, 4.69) is 10.2 Å². The molecule has 3 rings (SSSR count). The van der Waals surface area contributed by atoms with Crippen LogP contribution in [0, 0.1) is 5.82 Å². The third kappa shape index (κ3) is 6.20. The maximum Gasteiger partial charge on any atom is 0.252 e. The number of amides is 2. The summed E-state index contributed by atoms with van der Waals surface area (Å²) in [5.74, 6) is -1.12. The number of carbonyl (C=O) groups excluding carboxylic acids is 2. The predicted octanol–water partition coefficient (Wildman–Crippen LogP) is 3.25. The van der Waals surface area contributed by atoms with Crippen LogP contribution in [0.25, 0.3) is 0 Å². The quantitative estimate of drug-likeness (QED) is 0.584. The molecule has 2 unspecified atom stereocenters. The fraction of sp³-hybridized carbons (Fsp3) is 0.364. The number of nitrogens with two attached hydrogens (primary N) is 1. The van der Waals surface area contributed by atoms with Crippen molar-refractivity contribution >= 4 is 35.2 Å². The Morgan fingerprint density at radius 2 is 2.10 bits per heavy atom. The van der Waals surface area contributed by atoms with Crippen LogP contribution in [0.15, 0.2) is 47.4 Å². The van der Waals surface area contributed by atoms with E-state index in [1.54, 1.807) is 36.4 Å². The molecule has 1 saturated heterocycles. The smallest absolute Gasteiger partial charge is 0.252 e. The van der Waals surface area contributed by atoms with Crippen LogP contribution >= 0.6 is 23.4 Å². The van der Waals surface area contributed by atoms with Crippen molar-refractivity contribution in [1.29, 1.82) is 0 Å². The molecule has 9 heteroatoms. The lowest BCUT2D eigenvalue weighted by Crippen LogP contribution is -2.47. The van der Waals surface area contributed by atoms with E-state index >= 15 is 0 Å². The predicted molar refractivity (Wildman–Crippen MR) is 120 cm³/mol. The number of carbonyl (C=O) groups is 2. The second-order valence-electron chi connectivity index (χ2n) is 7.29. The first-order chi connectivity index (χ1) is 14.9. The number of halogens is 2. The van der Waals surface area contributed by atoms with Gasteiger partial charge in [0.2, 0.25) is 5.91 Å². The summed E-state index contributed by atoms with van der Waals surface area (Å²) in [4.78, 5) is 26.8. The Labute approximate surface area is 190 Å². The van der Waals surface area contributed by atoms with Crippen molar-refractivity contribution < 1.29 is 18.7 Å². The van der Waals surface area contributed by atoms with Gasteiger partial charge in [0.1, 0.15) is 5.82 Å². The van der Waals surface area contributed by atoms with E-state index in [4.69, 9.17) is 22.1 Å². The lowest BCUT2D eigenvalue weighted by Gasteiger charge is -2.38. The Morgan fingerprint density at radius 1 is 1.32 bits per heavy atom. The van der Waals surface area contributed by atoms with E-state index in [1.165, 1.54) is 17.8 Å². The molecule has 0 spiro atoms. The van der Waals surface area contributed by atoms with Crippen LogP contribution in [0.4, 0.5) is 4.39 Å². The Morgan fingerprint density at radius 3 is 2.81 bits per heavy atom. The van der Waals surface area contributed by atoms with Crippen molar-refractivity contribution in [3.8, 4) is 0 Å². The van der Waals surface area contributed by atoms with Gasteiger partial charge in [-0.3, -0.25) is 14.5 Å². The molecule has 1 aliphatic rings. The van der Waals surface area contributed by atoms with Gasteiger partial charge in [0.05, 0.1) is 30.1 Å². The molecule has 6 nitrogen and oxygen atoms in total. The molecule has 2 atom stereocenters. The summed E-state index contributed by atoms with van der Waals surface area (Å²) in [7, 11) is 0. The van der Waals surface area contributed by atoms with Gasteiger partial charge < -0.3 is 15.8 Å². The zero-order valence-corrected chi connectivity index (χ0v) is 18.7. The first kappa shape index (κ1) is 23.5. The van der Waals surface area contributed by atoms with Gasteiger partial charge >= 0.3 is 0 Å². The molecule has 0 bridgehead atoms. The summed E-state index contributed by atoms with van der Waals surface area (Å²) in [5, 5.41) is 3.23. The third-order valence-corrected chi connectivity index (χ3v) is 6.43. The number of thioether (sulfide) groups is 1. The fourth-order valence-corrected chi connectivity index (χ4v) is 4.66. The molecule has 1 aliphatic heterocycles. The number of nitrogens with zero attached hydrogens (tertiary/aromatic N) is 1. The molecule has 2 aromatic carbocycles. The highest BCUT2D eigenvalue weighted by molar-refractivity contribution is 8.00. The summed E-state index contributed by atoms with van der Waals surface area (Å²) < 4.78 is 20.4. The van der Waals surface area contributed by atoms with Gasteiger partial charge in [-0.2, -0.15) is 0 Å². The van der Waals surface area contributed by atoms with Gasteiger partial charge in [-0.25, -0.2) is 4.39 Å². The number of benzene rings is 2. The summed E-state index contributed by atoms with van der Waals surface area (Å²) in [6.45, 7) is 3.83. The third-order valence-electron chi connectivity index (χ3n) is 5.00. The van der Waals surface area contributed by atoms with Crippen LogP contribution in [-0.2, 0) is 9.53 Å². The Balaban J connectivity index is 1.81. The average molecular weight is 466 g/mol. The van der Waals surface area contributed by atoms with Crippen molar-refractivity contribution in [2.75, 3.05) is 32.0 Å². The zero-order valence-electron chi connectivity index (χ0n) is 17.1. The molecular weight excluding hydrogens is 441 g/mol. The highest BCUT2D eigenvalue weighted by atomic mass is 35.5. The lowest BCUT2D eigenvalue weighted by molar-refractivity contribution is -0.115. The topological polar surface area (TPSA) is 84.7 Å². The number of primary amides is 1. The van der Waals surface area contributed by atoms with E-state index in [-0.39, 0.29) is 24.3 Å². The van der Waals surface area contributed by atoms with Gasteiger partial charge in [0, 0.05) is 35.1 Å². The van der Waals surface area contributed by atoms with Crippen LogP contribution in [0.5, 0.6) is 0 Å². The molecule has 1 fully saturated rings. The summed E-state index contributed by atoms with van der Waals surface area (Å²) in [6.07, 6.45) is -0.0107. The molecule has 0 radical (unpaired) electrons. The minimum absolute atomic E-state index is 0.0107. The minimum Gasteiger partial charge on any atom is -0.376 e. The number of hydrogen-bond acceptors (Lipinski definition) is 5. The molecule has 166 valence electrons. The van der Waals surface area contributed by atoms with Crippen molar-refractivity contribution in [2.45, 2.75) is 24.0 Å². The van der Waals surface area contributed by atoms with E-state index in [0.717, 1.165) is 0 Å². The minimum atomic E-state index is -0.462. The molecule has 1 heterocycles.